The monoisotopic (exact) mass is 196 g/mol. The summed E-state index contributed by atoms with van der Waals surface area (Å²) < 4.78 is 0. The lowest BCUT2D eigenvalue weighted by molar-refractivity contribution is -0.0888. The number of hydrogen-bond acceptors (Lipinski definition) is 3. The highest BCUT2D eigenvalue weighted by atomic mass is 16.3. The molecule has 3 heteroatoms. The molecule has 0 amide bonds. The maximum absolute atomic E-state index is 10.5. The molecule has 1 unspecified atom stereocenters. The van der Waals surface area contributed by atoms with Gasteiger partial charge in [-0.2, -0.15) is 0 Å². The Balaban J connectivity index is 2.29. The third kappa shape index (κ3) is 1.44. The van der Waals surface area contributed by atoms with Gasteiger partial charge in [0, 0.05) is 11.5 Å². The van der Waals surface area contributed by atoms with E-state index in [0.717, 1.165) is 12.8 Å². The zero-order valence-corrected chi connectivity index (χ0v) is 9.25. The largest absolute Gasteiger partial charge is 0.371 e. The van der Waals surface area contributed by atoms with E-state index in [2.05, 4.69) is 31.1 Å². The number of fused-ring (bicyclic) bond motifs is 1. The highest BCUT2D eigenvalue weighted by Gasteiger charge is 2.50. The van der Waals surface area contributed by atoms with Crippen molar-refractivity contribution in [2.45, 2.75) is 51.3 Å². The van der Waals surface area contributed by atoms with Crippen LogP contribution < -0.4 is 5.32 Å². The van der Waals surface area contributed by atoms with Crippen molar-refractivity contribution in [3.8, 4) is 0 Å². The first-order chi connectivity index (χ1) is 6.44. The van der Waals surface area contributed by atoms with Crippen LogP contribution in [0.3, 0.4) is 0 Å². The predicted molar refractivity (Wildman–Crippen MR) is 57.2 cm³/mol. The number of rotatable bonds is 0. The zero-order chi connectivity index (χ0) is 10.4. The zero-order valence-electron chi connectivity index (χ0n) is 9.25. The first-order valence-electron chi connectivity index (χ1n) is 5.48. The van der Waals surface area contributed by atoms with Gasteiger partial charge in [-0.15, -0.1) is 0 Å². The van der Waals surface area contributed by atoms with Crippen LogP contribution >= 0.6 is 0 Å². The molecule has 0 aromatic rings. The van der Waals surface area contributed by atoms with E-state index in [1.807, 2.05) is 0 Å². The number of hydrogen-bond donors (Lipinski definition) is 2. The van der Waals surface area contributed by atoms with Gasteiger partial charge in [0.25, 0.3) is 0 Å². The van der Waals surface area contributed by atoms with Gasteiger partial charge in [-0.25, -0.2) is 4.99 Å². The fourth-order valence-corrected chi connectivity index (χ4v) is 2.93. The molecule has 2 rings (SSSR count). The van der Waals surface area contributed by atoms with Gasteiger partial charge in [0.2, 0.25) is 0 Å². The second-order valence-corrected chi connectivity index (χ2v) is 5.44. The summed E-state index contributed by atoms with van der Waals surface area (Å²) in [4.78, 5) is 4.25. The van der Waals surface area contributed by atoms with Crippen LogP contribution in [0.2, 0.25) is 0 Å². The molecule has 3 nitrogen and oxygen atoms in total. The van der Waals surface area contributed by atoms with Gasteiger partial charge in [0.1, 0.15) is 0 Å². The van der Waals surface area contributed by atoms with Crippen LogP contribution in [0.5, 0.6) is 0 Å². The number of aliphatic hydroxyl groups is 1. The van der Waals surface area contributed by atoms with E-state index in [9.17, 15) is 5.11 Å². The first-order valence-corrected chi connectivity index (χ1v) is 5.48. The molecule has 0 saturated heterocycles. The number of nitrogens with zero attached hydrogens (tertiary/aromatic N) is 1. The molecular weight excluding hydrogens is 176 g/mol. The molecule has 0 bridgehead atoms. The molecule has 0 aromatic carbocycles. The Morgan fingerprint density at radius 1 is 1.43 bits per heavy atom. The lowest BCUT2D eigenvalue weighted by Crippen LogP contribution is -2.60. The van der Waals surface area contributed by atoms with Gasteiger partial charge in [0.15, 0.2) is 5.72 Å². The van der Waals surface area contributed by atoms with Gasteiger partial charge < -0.3 is 10.4 Å². The topological polar surface area (TPSA) is 44.6 Å². The minimum atomic E-state index is -0.813. The van der Waals surface area contributed by atoms with Crippen molar-refractivity contribution < 1.29 is 5.11 Å². The molecule has 1 aliphatic heterocycles. The summed E-state index contributed by atoms with van der Waals surface area (Å²) in [6.45, 7) is 6.48. The normalized spacial score (nSPS) is 45.4. The van der Waals surface area contributed by atoms with Gasteiger partial charge in [-0.3, -0.25) is 0 Å². The lowest BCUT2D eigenvalue weighted by atomic mass is 9.67. The summed E-state index contributed by atoms with van der Waals surface area (Å²) >= 11 is 0. The fraction of sp³-hybridized carbons (Fsp3) is 0.909. The van der Waals surface area contributed by atoms with E-state index < -0.39 is 5.72 Å². The third-order valence-electron chi connectivity index (χ3n) is 3.75. The standard InChI is InChI=1S/C11H20N2O/c1-8-4-5-9-10(2,3)12-7-13-11(9,14)6-8/h7-9,14H,4-6H2,1-3H3,(H,12,13)/t8-,9+,11?/m1/s1. The van der Waals surface area contributed by atoms with Crippen molar-refractivity contribution in [1.82, 2.24) is 5.32 Å². The van der Waals surface area contributed by atoms with E-state index in [4.69, 9.17) is 0 Å². The predicted octanol–water partition coefficient (Wildman–Crippen LogP) is 1.52. The summed E-state index contributed by atoms with van der Waals surface area (Å²) in [6, 6.07) is 0. The maximum Gasteiger partial charge on any atom is 0.162 e. The Kier molecular flexibility index (Phi) is 2.11. The van der Waals surface area contributed by atoms with Crippen LogP contribution in [-0.2, 0) is 0 Å². The Morgan fingerprint density at radius 2 is 2.14 bits per heavy atom. The molecule has 2 aliphatic rings. The minimum absolute atomic E-state index is 0.0311. The second-order valence-electron chi connectivity index (χ2n) is 5.44. The molecule has 3 atom stereocenters. The van der Waals surface area contributed by atoms with E-state index >= 15 is 0 Å². The number of nitrogens with one attached hydrogen (secondary N) is 1. The summed E-state index contributed by atoms with van der Waals surface area (Å²) in [5, 5.41) is 13.7. The van der Waals surface area contributed by atoms with E-state index in [1.54, 1.807) is 6.34 Å². The van der Waals surface area contributed by atoms with Crippen molar-refractivity contribution in [3.05, 3.63) is 0 Å². The quantitative estimate of drug-likeness (QED) is 0.617. The van der Waals surface area contributed by atoms with Crippen molar-refractivity contribution in [3.63, 3.8) is 0 Å². The summed E-state index contributed by atoms with van der Waals surface area (Å²) in [6.07, 6.45) is 4.75. The highest BCUT2D eigenvalue weighted by Crippen LogP contribution is 2.44. The molecule has 1 heterocycles. The van der Waals surface area contributed by atoms with Gasteiger partial charge in [0.05, 0.1) is 6.34 Å². The first kappa shape index (κ1) is 9.97. The Bertz CT molecular complexity index is 262. The molecule has 2 N–H and O–H groups in total. The SMILES string of the molecule is C[C@@H]1CC[C@@H]2C(O)(C1)N=CNC2(C)C. The van der Waals surface area contributed by atoms with Crippen LogP contribution in [-0.4, -0.2) is 22.7 Å². The van der Waals surface area contributed by atoms with E-state index in [0.29, 0.717) is 5.92 Å². The number of aliphatic imine (C=N–C) groups is 1. The fourth-order valence-electron chi connectivity index (χ4n) is 2.93. The highest BCUT2D eigenvalue weighted by molar-refractivity contribution is 5.58. The molecule has 1 fully saturated rings. The third-order valence-corrected chi connectivity index (χ3v) is 3.75. The second kappa shape index (κ2) is 2.96. The van der Waals surface area contributed by atoms with Crippen LogP contribution in [0.4, 0.5) is 0 Å². The summed E-state index contributed by atoms with van der Waals surface area (Å²) in [5.74, 6) is 0.832. The maximum atomic E-state index is 10.5. The smallest absolute Gasteiger partial charge is 0.162 e. The van der Waals surface area contributed by atoms with Gasteiger partial charge in [-0.1, -0.05) is 13.3 Å². The molecule has 0 radical (unpaired) electrons. The van der Waals surface area contributed by atoms with Crippen LogP contribution in [0, 0.1) is 11.8 Å². The minimum Gasteiger partial charge on any atom is -0.371 e. The van der Waals surface area contributed by atoms with Crippen molar-refractivity contribution in [1.29, 1.82) is 0 Å². The van der Waals surface area contributed by atoms with E-state index in [1.165, 1.54) is 6.42 Å². The van der Waals surface area contributed by atoms with Crippen molar-refractivity contribution >= 4 is 6.34 Å². The molecule has 1 aliphatic carbocycles. The molecule has 0 aromatic heterocycles. The summed E-state index contributed by atoms with van der Waals surface area (Å²) in [7, 11) is 0. The lowest BCUT2D eigenvalue weighted by Gasteiger charge is -2.50. The Hall–Kier alpha value is -0.570. The van der Waals surface area contributed by atoms with Crippen LogP contribution in [0.15, 0.2) is 4.99 Å². The van der Waals surface area contributed by atoms with Crippen LogP contribution in [0.1, 0.15) is 40.0 Å². The molecule has 14 heavy (non-hydrogen) atoms. The Morgan fingerprint density at radius 3 is 2.86 bits per heavy atom. The van der Waals surface area contributed by atoms with Gasteiger partial charge >= 0.3 is 0 Å². The van der Waals surface area contributed by atoms with Gasteiger partial charge in [-0.05, 0) is 32.6 Å². The molecule has 0 spiro atoms. The summed E-state index contributed by atoms with van der Waals surface area (Å²) in [5.41, 5.74) is -0.844. The molecule has 80 valence electrons. The van der Waals surface area contributed by atoms with Crippen molar-refractivity contribution in [2.24, 2.45) is 16.8 Å². The Labute approximate surface area is 85.6 Å². The average molecular weight is 196 g/mol. The van der Waals surface area contributed by atoms with E-state index in [-0.39, 0.29) is 11.5 Å². The van der Waals surface area contributed by atoms with Crippen molar-refractivity contribution in [2.75, 3.05) is 0 Å². The molecule has 1 saturated carbocycles. The average Bonchev–Trinajstić information content (AvgIpc) is 2.00. The molecular formula is C11H20N2O. The van der Waals surface area contributed by atoms with Crippen LogP contribution in [0.25, 0.3) is 0 Å².